The van der Waals surface area contributed by atoms with E-state index in [9.17, 15) is 4.79 Å². The summed E-state index contributed by atoms with van der Waals surface area (Å²) in [5, 5.41) is 11.0. The Bertz CT molecular complexity index is 966. The zero-order valence-corrected chi connectivity index (χ0v) is 15.4. The Labute approximate surface area is 161 Å². The minimum absolute atomic E-state index is 0.208. The number of carbonyl (C=O) groups is 1. The molecule has 1 aliphatic carbocycles. The molecule has 2 N–H and O–H groups in total. The maximum absolute atomic E-state index is 10.6. The van der Waals surface area contributed by atoms with Crippen molar-refractivity contribution >= 4 is 17.2 Å². The molecule has 4 rings (SSSR count). The number of benzene rings is 1. The summed E-state index contributed by atoms with van der Waals surface area (Å²) < 4.78 is 17.1. The molecular weight excluding hydrogens is 362 g/mol. The van der Waals surface area contributed by atoms with Crippen LogP contribution in [0.1, 0.15) is 19.8 Å². The van der Waals surface area contributed by atoms with Crippen LogP contribution in [0, 0.1) is 5.92 Å². The normalized spacial score (nSPS) is 14.6. The molecule has 0 unspecified atom stereocenters. The first-order valence-corrected chi connectivity index (χ1v) is 9.19. The van der Waals surface area contributed by atoms with Crippen molar-refractivity contribution in [1.82, 2.24) is 15.3 Å². The fraction of sp³-hybridized carbons (Fsp3) is 0.350. The van der Waals surface area contributed by atoms with Crippen molar-refractivity contribution in [2.45, 2.75) is 25.8 Å². The number of aromatic nitrogens is 2. The number of hydrogen-bond acceptors (Lipinski definition) is 6. The minimum atomic E-state index is -1.08. The van der Waals surface area contributed by atoms with Crippen LogP contribution in [0.15, 0.2) is 40.9 Å². The first kappa shape index (κ1) is 18.1. The van der Waals surface area contributed by atoms with Crippen LogP contribution >= 0.6 is 0 Å². The Hall–Kier alpha value is -3.29. The summed E-state index contributed by atoms with van der Waals surface area (Å²) in [7, 11) is 0. The van der Waals surface area contributed by atoms with Crippen LogP contribution in [0.25, 0.3) is 22.7 Å². The number of nitrogens with zero attached hydrogens (tertiary/aromatic N) is 2. The largest absolute Gasteiger partial charge is 0.493 e. The Morgan fingerprint density at radius 1 is 1.29 bits per heavy atom. The molecule has 1 atom stereocenters. The Kier molecular flexibility index (Phi) is 5.01. The molecule has 0 radical (unpaired) electrons. The van der Waals surface area contributed by atoms with E-state index < -0.39 is 6.09 Å². The fourth-order valence-corrected chi connectivity index (χ4v) is 2.67. The second-order valence-corrected chi connectivity index (χ2v) is 6.94. The predicted octanol–water partition coefficient (Wildman–Crippen LogP) is 3.71. The number of pyridine rings is 1. The Morgan fingerprint density at radius 3 is 2.82 bits per heavy atom. The second-order valence-electron chi connectivity index (χ2n) is 6.94. The molecule has 8 nitrogen and oxygen atoms in total. The highest BCUT2D eigenvalue weighted by molar-refractivity contribution is 5.77. The van der Waals surface area contributed by atoms with Crippen molar-refractivity contribution in [2.24, 2.45) is 5.92 Å². The van der Waals surface area contributed by atoms with Crippen molar-refractivity contribution in [3.8, 4) is 23.1 Å². The van der Waals surface area contributed by atoms with Crippen LogP contribution in [-0.4, -0.2) is 40.4 Å². The summed E-state index contributed by atoms with van der Waals surface area (Å²) in [6.07, 6.45) is 2.97. The molecule has 28 heavy (non-hydrogen) atoms. The SMILES string of the molecule is C[C@@H](COc1ccc(-c2nc3cc(OCC4CC4)ccc3o2)nc1)NC(=O)O. The van der Waals surface area contributed by atoms with Gasteiger partial charge in [-0.3, -0.25) is 0 Å². The number of carboxylic acid groups (broad SMARTS) is 1. The van der Waals surface area contributed by atoms with E-state index >= 15 is 0 Å². The van der Waals surface area contributed by atoms with Gasteiger partial charge < -0.3 is 24.3 Å². The van der Waals surface area contributed by atoms with E-state index in [2.05, 4.69) is 15.3 Å². The number of ether oxygens (including phenoxy) is 2. The highest BCUT2D eigenvalue weighted by Crippen LogP contribution is 2.31. The zero-order chi connectivity index (χ0) is 19.5. The average molecular weight is 383 g/mol. The molecule has 146 valence electrons. The minimum Gasteiger partial charge on any atom is -0.493 e. The number of hydrogen-bond donors (Lipinski definition) is 2. The molecule has 1 amide bonds. The van der Waals surface area contributed by atoms with Crippen molar-refractivity contribution in [3.63, 3.8) is 0 Å². The Balaban J connectivity index is 1.41. The van der Waals surface area contributed by atoms with Gasteiger partial charge in [-0.25, -0.2) is 14.8 Å². The standard InChI is InChI=1S/C20H21N3O5/c1-12(22-20(24)25)10-26-15-4-6-16(21-9-15)19-23-17-8-14(5-7-18(17)28-19)27-11-13-2-3-13/h4-9,12-13,22H,2-3,10-11H2,1H3,(H,24,25)/t12-/m0/s1. The van der Waals surface area contributed by atoms with Gasteiger partial charge in [-0.15, -0.1) is 0 Å². The molecule has 2 aromatic heterocycles. The van der Waals surface area contributed by atoms with Gasteiger partial charge in [0, 0.05) is 6.07 Å². The van der Waals surface area contributed by atoms with Crippen LogP contribution in [-0.2, 0) is 0 Å². The van der Waals surface area contributed by atoms with Gasteiger partial charge in [0.25, 0.3) is 0 Å². The lowest BCUT2D eigenvalue weighted by Crippen LogP contribution is -2.35. The second kappa shape index (κ2) is 7.75. The molecule has 0 spiro atoms. The lowest BCUT2D eigenvalue weighted by molar-refractivity contribution is 0.183. The van der Waals surface area contributed by atoms with Gasteiger partial charge in [0.1, 0.15) is 29.3 Å². The number of fused-ring (bicyclic) bond motifs is 1. The van der Waals surface area contributed by atoms with Crippen molar-refractivity contribution in [2.75, 3.05) is 13.2 Å². The van der Waals surface area contributed by atoms with E-state index in [1.807, 2.05) is 18.2 Å². The summed E-state index contributed by atoms with van der Waals surface area (Å²) >= 11 is 0. The van der Waals surface area contributed by atoms with Gasteiger partial charge in [0.05, 0.1) is 18.8 Å². The molecule has 3 aromatic rings. The smallest absolute Gasteiger partial charge is 0.404 e. The molecular formula is C20H21N3O5. The maximum atomic E-state index is 10.6. The lowest BCUT2D eigenvalue weighted by atomic mass is 10.3. The number of rotatable bonds is 8. The quantitative estimate of drug-likeness (QED) is 0.610. The number of amides is 1. The third-order valence-corrected chi connectivity index (χ3v) is 4.37. The van der Waals surface area contributed by atoms with Crippen molar-refractivity contribution in [3.05, 3.63) is 36.5 Å². The Morgan fingerprint density at radius 2 is 2.11 bits per heavy atom. The van der Waals surface area contributed by atoms with E-state index in [4.69, 9.17) is 19.0 Å². The molecule has 2 heterocycles. The van der Waals surface area contributed by atoms with Crippen LogP contribution in [0.3, 0.4) is 0 Å². The highest BCUT2D eigenvalue weighted by Gasteiger charge is 2.22. The van der Waals surface area contributed by atoms with Crippen LogP contribution < -0.4 is 14.8 Å². The van der Waals surface area contributed by atoms with E-state index in [-0.39, 0.29) is 12.6 Å². The molecule has 8 heteroatoms. The summed E-state index contributed by atoms with van der Waals surface area (Å²) in [4.78, 5) is 19.4. The van der Waals surface area contributed by atoms with E-state index in [1.54, 1.807) is 25.3 Å². The zero-order valence-electron chi connectivity index (χ0n) is 15.4. The highest BCUT2D eigenvalue weighted by atomic mass is 16.5. The molecule has 0 aliphatic heterocycles. The van der Waals surface area contributed by atoms with Gasteiger partial charge in [0.2, 0.25) is 5.89 Å². The maximum Gasteiger partial charge on any atom is 0.404 e. The van der Waals surface area contributed by atoms with Crippen molar-refractivity contribution < 1.29 is 23.8 Å². The average Bonchev–Trinajstić information content (AvgIpc) is 3.41. The molecule has 1 saturated carbocycles. The third kappa shape index (κ3) is 4.51. The summed E-state index contributed by atoms with van der Waals surface area (Å²) in [6.45, 7) is 2.68. The van der Waals surface area contributed by atoms with Gasteiger partial charge in [-0.2, -0.15) is 0 Å². The fourth-order valence-electron chi connectivity index (χ4n) is 2.67. The summed E-state index contributed by atoms with van der Waals surface area (Å²) in [5.74, 6) is 2.44. The van der Waals surface area contributed by atoms with E-state index in [0.29, 0.717) is 28.8 Å². The van der Waals surface area contributed by atoms with Gasteiger partial charge >= 0.3 is 6.09 Å². The molecule has 1 aliphatic rings. The monoisotopic (exact) mass is 383 g/mol. The van der Waals surface area contributed by atoms with Gasteiger partial charge in [-0.1, -0.05) is 0 Å². The van der Waals surface area contributed by atoms with Crippen LogP contribution in [0.2, 0.25) is 0 Å². The third-order valence-electron chi connectivity index (χ3n) is 4.37. The van der Waals surface area contributed by atoms with Crippen molar-refractivity contribution in [1.29, 1.82) is 0 Å². The van der Waals surface area contributed by atoms with E-state index in [0.717, 1.165) is 17.9 Å². The van der Waals surface area contributed by atoms with E-state index in [1.165, 1.54) is 12.8 Å². The number of oxazole rings is 1. The predicted molar refractivity (Wildman–Crippen MR) is 102 cm³/mol. The molecule has 0 bridgehead atoms. The first-order chi connectivity index (χ1) is 13.6. The summed E-state index contributed by atoms with van der Waals surface area (Å²) in [6, 6.07) is 8.78. The van der Waals surface area contributed by atoms with Crippen LogP contribution in [0.5, 0.6) is 11.5 Å². The van der Waals surface area contributed by atoms with Gasteiger partial charge in [0.15, 0.2) is 5.58 Å². The first-order valence-electron chi connectivity index (χ1n) is 9.19. The molecule has 1 fully saturated rings. The topological polar surface area (TPSA) is 107 Å². The lowest BCUT2D eigenvalue weighted by Gasteiger charge is -2.12. The molecule has 1 aromatic carbocycles. The summed E-state index contributed by atoms with van der Waals surface area (Å²) in [5.41, 5.74) is 1.98. The van der Waals surface area contributed by atoms with Crippen LogP contribution in [0.4, 0.5) is 4.79 Å². The van der Waals surface area contributed by atoms with Gasteiger partial charge in [-0.05, 0) is 49.9 Å². The number of nitrogens with one attached hydrogen (secondary N) is 1. The molecule has 0 saturated heterocycles.